The van der Waals surface area contributed by atoms with Crippen LogP contribution in [0.25, 0.3) is 0 Å². The first kappa shape index (κ1) is 17.8. The van der Waals surface area contributed by atoms with Gasteiger partial charge in [0.05, 0.1) is 7.11 Å². The molecule has 0 atom stereocenters. The smallest absolute Gasteiger partial charge is 0.227 e. The summed E-state index contributed by atoms with van der Waals surface area (Å²) < 4.78 is 5.11. The van der Waals surface area contributed by atoms with Gasteiger partial charge in [-0.2, -0.15) is 0 Å². The van der Waals surface area contributed by atoms with E-state index < -0.39 is 0 Å². The minimum absolute atomic E-state index is 0.145. The molecule has 6 heteroatoms. The van der Waals surface area contributed by atoms with Gasteiger partial charge in [-0.15, -0.1) is 0 Å². The van der Waals surface area contributed by atoms with E-state index in [0.717, 1.165) is 30.1 Å². The number of rotatable bonds is 6. The minimum Gasteiger partial charge on any atom is -0.497 e. The molecule has 26 heavy (non-hydrogen) atoms. The molecule has 0 saturated carbocycles. The molecule has 0 saturated heterocycles. The molecule has 0 unspecified atom stereocenters. The summed E-state index contributed by atoms with van der Waals surface area (Å²) in [6, 6.07) is 15.5. The molecule has 0 radical (unpaired) electrons. The largest absolute Gasteiger partial charge is 0.497 e. The van der Waals surface area contributed by atoms with Crippen molar-refractivity contribution in [3.8, 4) is 5.75 Å². The zero-order chi connectivity index (χ0) is 18.4. The van der Waals surface area contributed by atoms with Crippen molar-refractivity contribution < 1.29 is 9.53 Å². The highest BCUT2D eigenvalue weighted by Gasteiger charge is 2.23. The van der Waals surface area contributed by atoms with E-state index in [0.29, 0.717) is 25.3 Å². The number of carbonyl (C=O) groups excluding carboxylic acids is 1. The number of nitrogens with one attached hydrogen (secondary N) is 1. The van der Waals surface area contributed by atoms with E-state index in [4.69, 9.17) is 10.5 Å². The lowest BCUT2D eigenvalue weighted by atomic mass is 10.2. The van der Waals surface area contributed by atoms with Crippen LogP contribution in [-0.2, 0) is 11.2 Å². The zero-order valence-corrected chi connectivity index (χ0v) is 14.9. The number of para-hydroxylation sites is 1. The van der Waals surface area contributed by atoms with Crippen molar-refractivity contribution in [1.82, 2.24) is 0 Å². The number of hydrogen-bond acceptors (Lipinski definition) is 3. The van der Waals surface area contributed by atoms with Gasteiger partial charge in [0.1, 0.15) is 5.75 Å². The Kier molecular flexibility index (Phi) is 5.73. The Labute approximate surface area is 153 Å². The zero-order valence-electron chi connectivity index (χ0n) is 14.9. The Morgan fingerprint density at radius 2 is 2.00 bits per heavy atom. The quantitative estimate of drug-likeness (QED) is 0.476. The molecule has 1 aliphatic rings. The summed E-state index contributed by atoms with van der Waals surface area (Å²) >= 11 is 0. The number of hydrogen-bond donors (Lipinski definition) is 2. The average molecular weight is 352 g/mol. The molecule has 3 rings (SSSR count). The molecule has 6 nitrogen and oxygen atoms in total. The Morgan fingerprint density at radius 3 is 2.77 bits per heavy atom. The fourth-order valence-corrected chi connectivity index (χ4v) is 3.02. The van der Waals surface area contributed by atoms with Crippen molar-refractivity contribution in [3.63, 3.8) is 0 Å². The van der Waals surface area contributed by atoms with Gasteiger partial charge in [0.25, 0.3) is 0 Å². The number of aliphatic imine (C=N–C) groups is 1. The first-order chi connectivity index (χ1) is 12.7. The molecule has 2 aromatic rings. The van der Waals surface area contributed by atoms with Crippen LogP contribution in [0.2, 0.25) is 0 Å². The molecular weight excluding hydrogens is 328 g/mol. The van der Waals surface area contributed by atoms with Gasteiger partial charge in [-0.3, -0.25) is 9.79 Å². The molecule has 0 aliphatic carbocycles. The monoisotopic (exact) mass is 352 g/mol. The van der Waals surface area contributed by atoms with E-state index in [1.54, 1.807) is 7.11 Å². The van der Waals surface area contributed by atoms with Crippen molar-refractivity contribution in [1.29, 1.82) is 0 Å². The van der Waals surface area contributed by atoms with E-state index in [1.807, 2.05) is 47.4 Å². The molecule has 0 bridgehead atoms. The molecular formula is C20H24N4O2. The number of nitrogens with two attached hydrogens (primary N) is 1. The molecule has 136 valence electrons. The van der Waals surface area contributed by atoms with Gasteiger partial charge in [0.2, 0.25) is 5.91 Å². The summed E-state index contributed by atoms with van der Waals surface area (Å²) in [5.74, 6) is 1.27. The summed E-state index contributed by atoms with van der Waals surface area (Å²) in [6.07, 6.45) is 2.06. The second kappa shape index (κ2) is 8.38. The maximum Gasteiger partial charge on any atom is 0.227 e. The highest BCUT2D eigenvalue weighted by molar-refractivity contribution is 5.95. The Balaban J connectivity index is 1.44. The summed E-state index contributed by atoms with van der Waals surface area (Å²) in [6.45, 7) is 1.28. The fraction of sp³-hybridized carbons (Fsp3) is 0.300. The van der Waals surface area contributed by atoms with Gasteiger partial charge in [-0.25, -0.2) is 0 Å². The van der Waals surface area contributed by atoms with E-state index in [2.05, 4.69) is 16.4 Å². The van der Waals surface area contributed by atoms with Gasteiger partial charge >= 0.3 is 0 Å². The molecule has 3 N–H and O–H groups in total. The molecule has 1 heterocycles. The first-order valence-electron chi connectivity index (χ1n) is 8.76. The Morgan fingerprint density at radius 1 is 1.23 bits per heavy atom. The van der Waals surface area contributed by atoms with E-state index in [9.17, 15) is 4.79 Å². The molecule has 2 aromatic carbocycles. The predicted molar refractivity (Wildman–Crippen MR) is 105 cm³/mol. The van der Waals surface area contributed by atoms with Crippen molar-refractivity contribution in [2.45, 2.75) is 19.3 Å². The van der Waals surface area contributed by atoms with Crippen molar-refractivity contribution in [2.75, 3.05) is 30.4 Å². The van der Waals surface area contributed by atoms with Crippen LogP contribution in [0.5, 0.6) is 5.75 Å². The summed E-state index contributed by atoms with van der Waals surface area (Å²) in [4.78, 5) is 18.6. The van der Waals surface area contributed by atoms with Crippen LogP contribution >= 0.6 is 0 Å². The minimum atomic E-state index is 0.145. The number of fused-ring (bicyclic) bond motifs is 1. The molecule has 1 amide bonds. The highest BCUT2D eigenvalue weighted by atomic mass is 16.5. The molecule has 0 aromatic heterocycles. The van der Waals surface area contributed by atoms with Crippen LogP contribution in [0.4, 0.5) is 11.4 Å². The topological polar surface area (TPSA) is 80.0 Å². The highest BCUT2D eigenvalue weighted by Crippen LogP contribution is 2.28. The maximum atomic E-state index is 12.4. The summed E-state index contributed by atoms with van der Waals surface area (Å²) in [7, 11) is 1.63. The number of carbonyl (C=O) groups is 1. The van der Waals surface area contributed by atoms with Crippen LogP contribution in [0.1, 0.15) is 18.4 Å². The van der Waals surface area contributed by atoms with Crippen LogP contribution in [-0.4, -0.2) is 32.1 Å². The van der Waals surface area contributed by atoms with Gasteiger partial charge in [-0.05, 0) is 48.7 Å². The lowest BCUT2D eigenvalue weighted by Gasteiger charge is -2.17. The van der Waals surface area contributed by atoms with Crippen LogP contribution in [0.3, 0.4) is 0 Å². The Bertz CT molecular complexity index is 787. The van der Waals surface area contributed by atoms with Crippen LogP contribution in [0, 0.1) is 0 Å². The molecule has 1 aliphatic heterocycles. The number of ether oxygens (including phenoxy) is 1. The standard InChI is InChI=1S/C20H24N4O2/c1-26-17-10-8-16(9-11-17)23-20(21)22-13-4-7-19(25)24-14-12-15-5-2-3-6-18(15)24/h2-3,5-6,8-11H,4,7,12-14H2,1H3,(H3,21,22,23). The lowest BCUT2D eigenvalue weighted by molar-refractivity contribution is -0.118. The first-order valence-corrected chi connectivity index (χ1v) is 8.76. The van der Waals surface area contributed by atoms with Crippen molar-refractivity contribution in [3.05, 3.63) is 54.1 Å². The number of guanidine groups is 1. The number of methoxy groups -OCH3 is 1. The number of nitrogens with zero attached hydrogens (tertiary/aromatic N) is 2. The fourth-order valence-electron chi connectivity index (χ4n) is 3.02. The van der Waals surface area contributed by atoms with Gasteiger partial charge in [0, 0.05) is 30.9 Å². The number of anilines is 2. The maximum absolute atomic E-state index is 12.4. The van der Waals surface area contributed by atoms with Gasteiger partial charge < -0.3 is 20.7 Å². The average Bonchev–Trinajstić information content (AvgIpc) is 3.10. The Hall–Kier alpha value is -3.02. The van der Waals surface area contributed by atoms with Crippen molar-refractivity contribution in [2.24, 2.45) is 10.7 Å². The number of amides is 1. The normalized spacial score (nSPS) is 13.4. The lowest BCUT2D eigenvalue weighted by Crippen LogP contribution is -2.28. The van der Waals surface area contributed by atoms with E-state index >= 15 is 0 Å². The van der Waals surface area contributed by atoms with Gasteiger partial charge in [0.15, 0.2) is 5.96 Å². The number of benzene rings is 2. The van der Waals surface area contributed by atoms with Gasteiger partial charge in [-0.1, -0.05) is 18.2 Å². The second-order valence-electron chi connectivity index (χ2n) is 6.15. The third-order valence-corrected chi connectivity index (χ3v) is 4.38. The summed E-state index contributed by atoms with van der Waals surface area (Å²) in [5, 5.41) is 3.03. The summed E-state index contributed by atoms with van der Waals surface area (Å²) in [5.41, 5.74) is 9.02. The SMILES string of the molecule is COc1ccc(NC(N)=NCCCC(=O)N2CCc3ccccc32)cc1. The van der Waals surface area contributed by atoms with Crippen LogP contribution in [0.15, 0.2) is 53.5 Å². The predicted octanol–water partition coefficient (Wildman–Crippen LogP) is 2.79. The third kappa shape index (κ3) is 4.33. The second-order valence-corrected chi connectivity index (χ2v) is 6.15. The third-order valence-electron chi connectivity index (χ3n) is 4.38. The van der Waals surface area contributed by atoms with E-state index in [1.165, 1.54) is 5.56 Å². The molecule has 0 fully saturated rings. The van der Waals surface area contributed by atoms with E-state index in [-0.39, 0.29) is 5.91 Å². The van der Waals surface area contributed by atoms with Crippen LogP contribution < -0.4 is 20.7 Å². The van der Waals surface area contributed by atoms with Crippen molar-refractivity contribution >= 4 is 23.2 Å². The molecule has 0 spiro atoms.